The van der Waals surface area contributed by atoms with Crippen LogP contribution in [0.1, 0.15) is 42.9 Å². The SMILES string of the molecule is Cc1ccc(C(CC(=O)O)N2CCCCC2)cc1Br. The minimum Gasteiger partial charge on any atom is -0.481 e. The summed E-state index contributed by atoms with van der Waals surface area (Å²) in [4.78, 5) is 13.5. The van der Waals surface area contributed by atoms with E-state index in [9.17, 15) is 4.79 Å². The first-order valence-electron chi connectivity index (χ1n) is 6.80. The molecule has 4 heteroatoms. The second-order valence-electron chi connectivity index (χ2n) is 5.22. The molecule has 1 fully saturated rings. The van der Waals surface area contributed by atoms with Gasteiger partial charge in [-0.25, -0.2) is 0 Å². The molecular weight excluding hydrogens is 306 g/mol. The third kappa shape index (κ3) is 3.80. The van der Waals surface area contributed by atoms with Crippen molar-refractivity contribution in [1.29, 1.82) is 0 Å². The number of carboxylic acids is 1. The number of hydrogen-bond acceptors (Lipinski definition) is 2. The van der Waals surface area contributed by atoms with Gasteiger partial charge in [-0.1, -0.05) is 34.5 Å². The number of carboxylic acid groups (broad SMARTS) is 1. The van der Waals surface area contributed by atoms with E-state index in [0.717, 1.165) is 23.1 Å². The normalized spacial score (nSPS) is 18.2. The van der Waals surface area contributed by atoms with Crippen molar-refractivity contribution in [3.8, 4) is 0 Å². The number of nitrogens with zero attached hydrogens (tertiary/aromatic N) is 1. The topological polar surface area (TPSA) is 40.5 Å². The molecule has 3 nitrogen and oxygen atoms in total. The van der Waals surface area contributed by atoms with Gasteiger partial charge in [0.05, 0.1) is 6.42 Å². The molecule has 0 aliphatic carbocycles. The largest absolute Gasteiger partial charge is 0.481 e. The molecular formula is C15H20BrNO2. The van der Waals surface area contributed by atoms with E-state index in [4.69, 9.17) is 5.11 Å². The Morgan fingerprint density at radius 3 is 2.63 bits per heavy atom. The average molecular weight is 326 g/mol. The van der Waals surface area contributed by atoms with Crippen LogP contribution in [0, 0.1) is 6.92 Å². The van der Waals surface area contributed by atoms with Crippen molar-refractivity contribution in [2.45, 2.75) is 38.6 Å². The van der Waals surface area contributed by atoms with Gasteiger partial charge in [-0.2, -0.15) is 0 Å². The standard InChI is InChI=1S/C15H20BrNO2/c1-11-5-6-12(9-13(11)16)14(10-15(18)19)17-7-3-2-4-8-17/h5-6,9,14H,2-4,7-8,10H2,1H3,(H,18,19). The maximum atomic E-state index is 11.1. The summed E-state index contributed by atoms with van der Waals surface area (Å²) in [6.07, 6.45) is 3.77. The molecule has 1 heterocycles. The first-order chi connectivity index (χ1) is 9.08. The Hall–Kier alpha value is -0.870. The smallest absolute Gasteiger partial charge is 0.305 e. The molecule has 0 spiro atoms. The summed E-state index contributed by atoms with van der Waals surface area (Å²) in [6.45, 7) is 4.05. The number of benzene rings is 1. The Morgan fingerprint density at radius 2 is 2.05 bits per heavy atom. The Bertz CT molecular complexity index is 455. The molecule has 0 bridgehead atoms. The fourth-order valence-corrected chi connectivity index (χ4v) is 3.07. The summed E-state index contributed by atoms with van der Waals surface area (Å²) in [5.41, 5.74) is 2.28. The van der Waals surface area contributed by atoms with Gasteiger partial charge in [0.15, 0.2) is 0 Å². The van der Waals surface area contributed by atoms with Gasteiger partial charge in [-0.3, -0.25) is 9.69 Å². The molecule has 0 aromatic heterocycles. The quantitative estimate of drug-likeness (QED) is 0.916. The lowest BCUT2D eigenvalue weighted by Gasteiger charge is -2.34. The molecule has 104 valence electrons. The molecule has 1 unspecified atom stereocenters. The lowest BCUT2D eigenvalue weighted by molar-refractivity contribution is -0.138. The highest BCUT2D eigenvalue weighted by molar-refractivity contribution is 9.10. The Kier molecular flexibility index (Phi) is 4.99. The number of halogens is 1. The number of aryl methyl sites for hydroxylation is 1. The van der Waals surface area contributed by atoms with E-state index in [1.165, 1.54) is 24.8 Å². The first-order valence-corrected chi connectivity index (χ1v) is 7.59. The van der Waals surface area contributed by atoms with Gasteiger partial charge in [0, 0.05) is 10.5 Å². The number of likely N-dealkylation sites (tertiary alicyclic amines) is 1. The van der Waals surface area contributed by atoms with Crippen LogP contribution in [0.25, 0.3) is 0 Å². The van der Waals surface area contributed by atoms with E-state index in [1.54, 1.807) is 0 Å². The van der Waals surface area contributed by atoms with E-state index < -0.39 is 5.97 Å². The van der Waals surface area contributed by atoms with Crippen LogP contribution in [0.4, 0.5) is 0 Å². The molecule has 1 aromatic carbocycles. The lowest BCUT2D eigenvalue weighted by Crippen LogP contribution is -2.35. The third-order valence-corrected chi connectivity index (χ3v) is 4.63. The summed E-state index contributed by atoms with van der Waals surface area (Å²) in [7, 11) is 0. The molecule has 1 aliphatic rings. The monoisotopic (exact) mass is 325 g/mol. The zero-order valence-electron chi connectivity index (χ0n) is 11.2. The van der Waals surface area contributed by atoms with Crippen molar-refractivity contribution in [2.75, 3.05) is 13.1 Å². The van der Waals surface area contributed by atoms with Gasteiger partial charge in [-0.05, 0) is 50.0 Å². The molecule has 1 atom stereocenters. The molecule has 1 aromatic rings. The number of rotatable bonds is 4. The molecule has 1 N–H and O–H groups in total. The van der Waals surface area contributed by atoms with E-state index in [-0.39, 0.29) is 12.5 Å². The summed E-state index contributed by atoms with van der Waals surface area (Å²) in [5.74, 6) is -0.729. The second-order valence-corrected chi connectivity index (χ2v) is 6.07. The molecule has 0 radical (unpaired) electrons. The van der Waals surface area contributed by atoms with Crippen LogP contribution in [0.5, 0.6) is 0 Å². The fourth-order valence-electron chi connectivity index (χ4n) is 2.67. The minimum atomic E-state index is -0.729. The van der Waals surface area contributed by atoms with Crippen LogP contribution >= 0.6 is 15.9 Å². The van der Waals surface area contributed by atoms with E-state index in [2.05, 4.69) is 39.0 Å². The Balaban J connectivity index is 2.24. The molecule has 0 saturated carbocycles. The van der Waals surface area contributed by atoms with Gasteiger partial charge < -0.3 is 5.11 Å². The van der Waals surface area contributed by atoms with Gasteiger partial charge in [0.2, 0.25) is 0 Å². The van der Waals surface area contributed by atoms with E-state index >= 15 is 0 Å². The van der Waals surface area contributed by atoms with Gasteiger partial charge >= 0.3 is 5.97 Å². The highest BCUT2D eigenvalue weighted by Gasteiger charge is 2.24. The first kappa shape index (κ1) is 14.5. The number of hydrogen-bond donors (Lipinski definition) is 1. The predicted octanol–water partition coefficient (Wildman–Crippen LogP) is 3.76. The van der Waals surface area contributed by atoms with E-state index in [1.807, 2.05) is 6.92 Å². The fraction of sp³-hybridized carbons (Fsp3) is 0.533. The van der Waals surface area contributed by atoms with Crippen LogP contribution in [0.3, 0.4) is 0 Å². The van der Waals surface area contributed by atoms with Crippen molar-refractivity contribution in [3.63, 3.8) is 0 Å². The summed E-state index contributed by atoms with van der Waals surface area (Å²) < 4.78 is 1.05. The van der Waals surface area contributed by atoms with Crippen molar-refractivity contribution in [1.82, 2.24) is 4.90 Å². The highest BCUT2D eigenvalue weighted by atomic mass is 79.9. The van der Waals surface area contributed by atoms with Crippen LogP contribution in [0.2, 0.25) is 0 Å². The zero-order chi connectivity index (χ0) is 13.8. The second kappa shape index (κ2) is 6.53. The highest BCUT2D eigenvalue weighted by Crippen LogP contribution is 2.30. The van der Waals surface area contributed by atoms with Crippen molar-refractivity contribution in [2.24, 2.45) is 0 Å². The summed E-state index contributed by atoms with van der Waals surface area (Å²) in [5, 5.41) is 9.16. The van der Waals surface area contributed by atoms with Crippen molar-refractivity contribution >= 4 is 21.9 Å². The lowest BCUT2D eigenvalue weighted by atomic mass is 9.98. The van der Waals surface area contributed by atoms with Gasteiger partial charge in [0.1, 0.15) is 0 Å². The minimum absolute atomic E-state index is 0.00491. The molecule has 19 heavy (non-hydrogen) atoms. The number of aliphatic carboxylic acids is 1. The Morgan fingerprint density at radius 1 is 1.37 bits per heavy atom. The van der Waals surface area contributed by atoms with Gasteiger partial charge in [-0.15, -0.1) is 0 Å². The zero-order valence-corrected chi connectivity index (χ0v) is 12.8. The molecule has 1 saturated heterocycles. The van der Waals surface area contributed by atoms with Crippen molar-refractivity contribution < 1.29 is 9.90 Å². The van der Waals surface area contributed by atoms with Crippen LogP contribution in [0.15, 0.2) is 22.7 Å². The van der Waals surface area contributed by atoms with Crippen LogP contribution < -0.4 is 0 Å². The maximum Gasteiger partial charge on any atom is 0.305 e. The third-order valence-electron chi connectivity index (χ3n) is 3.78. The van der Waals surface area contributed by atoms with E-state index in [0.29, 0.717) is 0 Å². The summed E-state index contributed by atoms with van der Waals surface area (Å²) in [6, 6.07) is 6.17. The predicted molar refractivity (Wildman–Crippen MR) is 79.3 cm³/mol. The molecule has 0 amide bonds. The van der Waals surface area contributed by atoms with Crippen LogP contribution in [-0.2, 0) is 4.79 Å². The Labute approximate surface area is 122 Å². The maximum absolute atomic E-state index is 11.1. The number of piperidine rings is 1. The van der Waals surface area contributed by atoms with Crippen LogP contribution in [-0.4, -0.2) is 29.1 Å². The van der Waals surface area contributed by atoms with Gasteiger partial charge in [0.25, 0.3) is 0 Å². The molecule has 2 rings (SSSR count). The van der Waals surface area contributed by atoms with Crippen molar-refractivity contribution in [3.05, 3.63) is 33.8 Å². The number of carbonyl (C=O) groups is 1. The average Bonchev–Trinajstić information content (AvgIpc) is 2.40. The molecule has 1 aliphatic heterocycles. The summed E-state index contributed by atoms with van der Waals surface area (Å²) >= 11 is 3.54.